The van der Waals surface area contributed by atoms with Crippen molar-refractivity contribution in [2.24, 2.45) is 5.92 Å². The lowest BCUT2D eigenvalue weighted by Gasteiger charge is -2.13. The Bertz CT molecular complexity index is 388. The van der Waals surface area contributed by atoms with E-state index in [4.69, 9.17) is 0 Å². The van der Waals surface area contributed by atoms with Gasteiger partial charge in [0.05, 0.1) is 0 Å². The van der Waals surface area contributed by atoms with Crippen molar-refractivity contribution < 1.29 is 4.79 Å². The molecule has 0 saturated heterocycles. The van der Waals surface area contributed by atoms with Crippen molar-refractivity contribution in [1.29, 1.82) is 0 Å². The summed E-state index contributed by atoms with van der Waals surface area (Å²) in [5, 5.41) is 5.97. The van der Waals surface area contributed by atoms with Crippen LogP contribution in [0.2, 0.25) is 0 Å². The molecule has 0 saturated carbocycles. The van der Waals surface area contributed by atoms with Gasteiger partial charge < -0.3 is 10.6 Å². The van der Waals surface area contributed by atoms with Gasteiger partial charge in [0.1, 0.15) is 0 Å². The zero-order valence-corrected chi connectivity index (χ0v) is 11.1. The Kier molecular flexibility index (Phi) is 5.16. The fourth-order valence-electron chi connectivity index (χ4n) is 1.80. The predicted octanol–water partition coefficient (Wildman–Crippen LogP) is 1.78. The molecule has 0 aromatic heterocycles. The molecular formula is C14H22N2O. The quantitative estimate of drug-likeness (QED) is 0.815. The van der Waals surface area contributed by atoms with E-state index in [1.165, 1.54) is 16.7 Å². The van der Waals surface area contributed by atoms with Gasteiger partial charge in [-0.05, 0) is 32.0 Å². The van der Waals surface area contributed by atoms with Crippen molar-refractivity contribution in [3.8, 4) is 0 Å². The van der Waals surface area contributed by atoms with Crippen LogP contribution in [0.1, 0.15) is 23.6 Å². The van der Waals surface area contributed by atoms with Gasteiger partial charge in [-0.3, -0.25) is 4.79 Å². The molecule has 17 heavy (non-hydrogen) atoms. The van der Waals surface area contributed by atoms with Crippen LogP contribution in [0.5, 0.6) is 0 Å². The average Bonchev–Trinajstić information content (AvgIpc) is 2.27. The first kappa shape index (κ1) is 13.7. The molecule has 0 heterocycles. The van der Waals surface area contributed by atoms with E-state index in [0.29, 0.717) is 13.1 Å². The zero-order valence-electron chi connectivity index (χ0n) is 11.1. The maximum atomic E-state index is 11.7. The molecule has 0 spiro atoms. The van der Waals surface area contributed by atoms with E-state index in [0.717, 1.165) is 0 Å². The average molecular weight is 234 g/mol. The minimum atomic E-state index is 0.00533. The number of aryl methyl sites for hydroxylation is 2. The van der Waals surface area contributed by atoms with E-state index in [-0.39, 0.29) is 11.8 Å². The smallest absolute Gasteiger partial charge is 0.224 e. The number of nitrogens with one attached hydrogen (secondary N) is 2. The van der Waals surface area contributed by atoms with Crippen molar-refractivity contribution in [2.45, 2.75) is 27.3 Å². The molecule has 0 aliphatic rings. The molecule has 1 amide bonds. The molecule has 1 atom stereocenters. The Morgan fingerprint density at radius 3 is 2.65 bits per heavy atom. The minimum Gasteiger partial charge on any atom is -0.352 e. The third kappa shape index (κ3) is 4.19. The summed E-state index contributed by atoms with van der Waals surface area (Å²) in [6, 6.07) is 6.29. The van der Waals surface area contributed by atoms with Gasteiger partial charge in [-0.1, -0.05) is 30.7 Å². The molecule has 1 aromatic carbocycles. The Hall–Kier alpha value is -1.35. The first-order chi connectivity index (χ1) is 8.04. The summed E-state index contributed by atoms with van der Waals surface area (Å²) in [6.07, 6.45) is 0. The van der Waals surface area contributed by atoms with Crippen molar-refractivity contribution >= 4 is 5.91 Å². The Morgan fingerprint density at radius 1 is 1.35 bits per heavy atom. The maximum Gasteiger partial charge on any atom is 0.224 e. The summed E-state index contributed by atoms with van der Waals surface area (Å²) in [5.41, 5.74) is 3.66. The van der Waals surface area contributed by atoms with Crippen LogP contribution >= 0.6 is 0 Å². The molecule has 1 rings (SSSR count). The van der Waals surface area contributed by atoms with Crippen LogP contribution < -0.4 is 10.6 Å². The molecule has 3 nitrogen and oxygen atoms in total. The SMILES string of the molecule is CNCC(C)C(=O)NCc1ccc(C)cc1C. The van der Waals surface area contributed by atoms with E-state index in [9.17, 15) is 4.79 Å². The van der Waals surface area contributed by atoms with E-state index in [1.807, 2.05) is 14.0 Å². The summed E-state index contributed by atoms with van der Waals surface area (Å²) in [4.78, 5) is 11.7. The molecule has 94 valence electrons. The second-order valence-electron chi connectivity index (χ2n) is 4.61. The number of carbonyl (C=O) groups excluding carboxylic acids is 1. The van der Waals surface area contributed by atoms with Crippen LogP contribution in [0.25, 0.3) is 0 Å². The van der Waals surface area contributed by atoms with E-state index >= 15 is 0 Å². The number of amides is 1. The molecule has 1 aromatic rings. The molecule has 2 N–H and O–H groups in total. The van der Waals surface area contributed by atoms with Crippen LogP contribution in [-0.2, 0) is 11.3 Å². The third-order valence-corrected chi connectivity index (χ3v) is 2.91. The van der Waals surface area contributed by atoms with Crippen LogP contribution in [0.15, 0.2) is 18.2 Å². The Balaban J connectivity index is 2.53. The molecular weight excluding hydrogens is 212 g/mol. The number of carbonyl (C=O) groups is 1. The van der Waals surface area contributed by atoms with Crippen LogP contribution in [0.4, 0.5) is 0 Å². The fourth-order valence-corrected chi connectivity index (χ4v) is 1.80. The number of hydrogen-bond donors (Lipinski definition) is 2. The zero-order chi connectivity index (χ0) is 12.8. The topological polar surface area (TPSA) is 41.1 Å². The molecule has 1 unspecified atom stereocenters. The van der Waals surface area contributed by atoms with Gasteiger partial charge in [0.25, 0.3) is 0 Å². The van der Waals surface area contributed by atoms with Gasteiger partial charge in [-0.25, -0.2) is 0 Å². The molecule has 0 radical (unpaired) electrons. The van der Waals surface area contributed by atoms with Crippen LogP contribution in [-0.4, -0.2) is 19.5 Å². The summed E-state index contributed by atoms with van der Waals surface area (Å²) in [7, 11) is 1.86. The van der Waals surface area contributed by atoms with Gasteiger partial charge in [-0.15, -0.1) is 0 Å². The highest BCUT2D eigenvalue weighted by atomic mass is 16.1. The van der Waals surface area contributed by atoms with Crippen LogP contribution in [0, 0.1) is 19.8 Å². The Morgan fingerprint density at radius 2 is 2.06 bits per heavy atom. The van der Waals surface area contributed by atoms with Gasteiger partial charge in [-0.2, -0.15) is 0 Å². The second kappa shape index (κ2) is 6.40. The number of rotatable bonds is 5. The van der Waals surface area contributed by atoms with Crippen LogP contribution in [0.3, 0.4) is 0 Å². The van der Waals surface area contributed by atoms with Gasteiger partial charge in [0, 0.05) is 19.0 Å². The largest absolute Gasteiger partial charge is 0.352 e. The maximum absolute atomic E-state index is 11.7. The highest BCUT2D eigenvalue weighted by molar-refractivity contribution is 5.78. The molecule has 0 bridgehead atoms. The first-order valence-corrected chi connectivity index (χ1v) is 6.03. The normalized spacial score (nSPS) is 12.2. The van der Waals surface area contributed by atoms with E-state index in [2.05, 4.69) is 42.7 Å². The van der Waals surface area contributed by atoms with Crippen molar-refractivity contribution in [2.75, 3.05) is 13.6 Å². The number of benzene rings is 1. The molecule has 0 aliphatic carbocycles. The lowest BCUT2D eigenvalue weighted by Crippen LogP contribution is -2.34. The summed E-state index contributed by atoms with van der Waals surface area (Å²) < 4.78 is 0. The van der Waals surface area contributed by atoms with E-state index in [1.54, 1.807) is 0 Å². The summed E-state index contributed by atoms with van der Waals surface area (Å²) >= 11 is 0. The third-order valence-electron chi connectivity index (χ3n) is 2.91. The lowest BCUT2D eigenvalue weighted by atomic mass is 10.1. The monoisotopic (exact) mass is 234 g/mol. The highest BCUT2D eigenvalue weighted by Crippen LogP contribution is 2.10. The standard InChI is InChI=1S/C14H22N2O/c1-10-5-6-13(11(2)7-10)9-16-14(17)12(3)8-15-4/h5-7,12,15H,8-9H2,1-4H3,(H,16,17). The highest BCUT2D eigenvalue weighted by Gasteiger charge is 2.11. The van der Waals surface area contributed by atoms with Gasteiger partial charge in [0.2, 0.25) is 5.91 Å². The first-order valence-electron chi connectivity index (χ1n) is 6.03. The molecule has 3 heteroatoms. The van der Waals surface area contributed by atoms with Crippen molar-refractivity contribution in [3.05, 3.63) is 34.9 Å². The summed E-state index contributed by atoms with van der Waals surface area (Å²) in [5.74, 6) is 0.102. The Labute approximate surface area is 104 Å². The summed E-state index contributed by atoms with van der Waals surface area (Å²) in [6.45, 7) is 7.39. The minimum absolute atomic E-state index is 0.00533. The number of hydrogen-bond acceptors (Lipinski definition) is 2. The van der Waals surface area contributed by atoms with Gasteiger partial charge in [0.15, 0.2) is 0 Å². The fraction of sp³-hybridized carbons (Fsp3) is 0.500. The van der Waals surface area contributed by atoms with Gasteiger partial charge >= 0.3 is 0 Å². The lowest BCUT2D eigenvalue weighted by molar-refractivity contribution is -0.124. The van der Waals surface area contributed by atoms with E-state index < -0.39 is 0 Å². The molecule has 0 aliphatic heterocycles. The van der Waals surface area contributed by atoms with Crippen molar-refractivity contribution in [1.82, 2.24) is 10.6 Å². The predicted molar refractivity (Wildman–Crippen MR) is 70.9 cm³/mol. The van der Waals surface area contributed by atoms with Crippen molar-refractivity contribution in [3.63, 3.8) is 0 Å². The second-order valence-corrected chi connectivity index (χ2v) is 4.61. The molecule has 0 fully saturated rings.